The van der Waals surface area contributed by atoms with E-state index in [-0.39, 0.29) is 23.3 Å². The molecule has 10 heteroatoms. The van der Waals surface area contributed by atoms with Gasteiger partial charge in [0.05, 0.1) is 5.70 Å². The van der Waals surface area contributed by atoms with Gasteiger partial charge in [-0.25, -0.2) is 9.98 Å². The maximum Gasteiger partial charge on any atom is 0.435 e. The Labute approximate surface area is 190 Å². The number of carbonyl (C=O) groups is 1. The second kappa shape index (κ2) is 12.0. The number of anilines is 1. The molecule has 0 aliphatic heterocycles. The number of aliphatic hydroxyl groups excluding tert-OH is 1. The lowest BCUT2D eigenvalue weighted by molar-refractivity contribution is -0.137. The van der Waals surface area contributed by atoms with Crippen LogP contribution in [-0.4, -0.2) is 46.9 Å². The number of carbonyl (C=O) groups excluding carboxylic acids is 1. The topological polar surface area (TPSA) is 104 Å². The van der Waals surface area contributed by atoms with Gasteiger partial charge in [0.1, 0.15) is 0 Å². The number of amides is 1. The maximum atomic E-state index is 13.6. The zero-order chi connectivity index (χ0) is 24.4. The number of benzene rings is 1. The van der Waals surface area contributed by atoms with E-state index in [9.17, 15) is 18.0 Å². The highest BCUT2D eigenvalue weighted by Crippen LogP contribution is 2.29. The van der Waals surface area contributed by atoms with Crippen molar-refractivity contribution < 1.29 is 23.1 Å². The van der Waals surface area contributed by atoms with Crippen LogP contribution in [0.3, 0.4) is 0 Å². The monoisotopic (exact) mass is 463 g/mol. The fourth-order valence-electron chi connectivity index (χ4n) is 3.16. The lowest BCUT2D eigenvalue weighted by Gasteiger charge is -2.29. The summed E-state index contributed by atoms with van der Waals surface area (Å²) in [5.74, 6) is 0.162. The minimum Gasteiger partial charge on any atom is -0.403 e. The van der Waals surface area contributed by atoms with Crippen LogP contribution in [0, 0.1) is 5.92 Å². The van der Waals surface area contributed by atoms with Crippen molar-refractivity contribution in [2.24, 2.45) is 16.6 Å². The highest BCUT2D eigenvalue weighted by atomic mass is 19.4. The van der Waals surface area contributed by atoms with E-state index >= 15 is 0 Å². The Bertz CT molecular complexity index is 956. The van der Waals surface area contributed by atoms with Gasteiger partial charge in [-0.1, -0.05) is 24.6 Å². The number of rotatable bonds is 7. The predicted molar refractivity (Wildman–Crippen MR) is 122 cm³/mol. The summed E-state index contributed by atoms with van der Waals surface area (Å²) in [4.78, 5) is 21.4. The minimum atomic E-state index is -4.74. The molecule has 7 nitrogen and oxygen atoms in total. The Morgan fingerprint density at radius 2 is 1.91 bits per heavy atom. The molecule has 0 atom stereocenters. The number of hydrogen-bond acceptors (Lipinski definition) is 6. The third kappa shape index (κ3) is 7.31. The first-order chi connectivity index (χ1) is 15.8. The molecule has 2 aromatic rings. The van der Waals surface area contributed by atoms with Gasteiger partial charge in [-0.15, -0.1) is 0 Å². The van der Waals surface area contributed by atoms with Crippen molar-refractivity contribution in [3.63, 3.8) is 0 Å². The molecular weight excluding hydrogens is 435 g/mol. The molecule has 33 heavy (non-hydrogen) atoms. The van der Waals surface area contributed by atoms with E-state index < -0.39 is 11.9 Å². The molecule has 1 aromatic heterocycles. The molecule has 178 valence electrons. The summed E-state index contributed by atoms with van der Waals surface area (Å²) in [6, 6.07) is 11.3. The van der Waals surface area contributed by atoms with E-state index in [2.05, 4.69) is 15.3 Å². The van der Waals surface area contributed by atoms with Crippen molar-refractivity contribution in [1.29, 1.82) is 0 Å². The van der Waals surface area contributed by atoms with Gasteiger partial charge in [0.2, 0.25) is 5.91 Å². The van der Waals surface area contributed by atoms with E-state index in [0.29, 0.717) is 12.2 Å². The predicted octanol–water partition coefficient (Wildman–Crippen LogP) is 4.00. The van der Waals surface area contributed by atoms with Gasteiger partial charge in [0, 0.05) is 44.7 Å². The molecule has 4 N–H and O–H groups in total. The largest absolute Gasteiger partial charge is 0.435 e. The first-order valence-corrected chi connectivity index (χ1v) is 10.3. The smallest absolute Gasteiger partial charge is 0.403 e. The molecule has 1 fully saturated rings. The average molecular weight is 464 g/mol. The number of nitrogens with two attached hydrogens (primary N) is 1. The zero-order valence-electron chi connectivity index (χ0n) is 18.5. The summed E-state index contributed by atoms with van der Waals surface area (Å²) >= 11 is 0. The molecule has 1 heterocycles. The number of nitrogens with one attached hydrogen (secondary N) is 1. The second-order valence-corrected chi connectivity index (χ2v) is 7.37. The van der Waals surface area contributed by atoms with E-state index in [1.54, 1.807) is 48.3 Å². The molecule has 1 saturated carbocycles. The van der Waals surface area contributed by atoms with Gasteiger partial charge < -0.3 is 21.1 Å². The summed E-state index contributed by atoms with van der Waals surface area (Å²) < 4.78 is 40.8. The lowest BCUT2D eigenvalue weighted by atomic mass is 9.84. The molecular formula is C23H28F3N5O2. The summed E-state index contributed by atoms with van der Waals surface area (Å²) in [6.45, 7) is 0.435. The maximum absolute atomic E-state index is 13.6. The van der Waals surface area contributed by atoms with Gasteiger partial charge in [-0.3, -0.25) is 4.79 Å². The first kappa shape index (κ1) is 25.9. The molecule has 1 aliphatic rings. The standard InChI is InChI=1S/C22H24F3N5O.CH4O/c1-30(21(31)16-5-4-6-16)14-15-8-10-17(11-9-15)28-18(13-26)20(22(23,24)25)29-19-7-2-3-12-27-19;1-2/h2-3,7-13,16,28H,4-6,14,26H2,1H3;2H,1H3/b18-13+,29-20-;. The van der Waals surface area contributed by atoms with Crippen LogP contribution in [0.2, 0.25) is 0 Å². The molecule has 0 radical (unpaired) electrons. The Morgan fingerprint density at radius 1 is 1.24 bits per heavy atom. The number of hydrogen-bond donors (Lipinski definition) is 3. The Morgan fingerprint density at radius 3 is 2.39 bits per heavy atom. The number of halogens is 3. The quantitative estimate of drug-likeness (QED) is 0.539. The summed E-state index contributed by atoms with van der Waals surface area (Å²) in [6.07, 6.45) is 0.404. The molecule has 0 unspecified atom stereocenters. The number of nitrogens with zero attached hydrogens (tertiary/aromatic N) is 3. The molecule has 1 aromatic carbocycles. The number of aliphatic hydroxyl groups is 1. The fourth-order valence-corrected chi connectivity index (χ4v) is 3.16. The fraction of sp³-hybridized carbons (Fsp3) is 0.348. The van der Waals surface area contributed by atoms with Gasteiger partial charge in [0.15, 0.2) is 11.5 Å². The van der Waals surface area contributed by atoms with Crippen LogP contribution in [0.1, 0.15) is 24.8 Å². The van der Waals surface area contributed by atoms with E-state index in [1.165, 1.54) is 12.3 Å². The Balaban J connectivity index is 0.00000187. The van der Waals surface area contributed by atoms with Gasteiger partial charge in [-0.2, -0.15) is 13.2 Å². The zero-order valence-corrected chi connectivity index (χ0v) is 18.5. The minimum absolute atomic E-state index is 0.0783. The normalized spacial score (nSPS) is 14.6. The molecule has 1 amide bonds. The summed E-state index contributed by atoms with van der Waals surface area (Å²) in [7, 11) is 2.76. The van der Waals surface area contributed by atoms with Crippen LogP contribution < -0.4 is 11.1 Å². The number of aliphatic imine (C=N–C) groups is 1. The Kier molecular flexibility index (Phi) is 9.41. The van der Waals surface area contributed by atoms with Crippen LogP contribution >= 0.6 is 0 Å². The van der Waals surface area contributed by atoms with E-state index in [1.807, 2.05) is 0 Å². The highest BCUT2D eigenvalue weighted by molar-refractivity contribution is 6.07. The van der Waals surface area contributed by atoms with Crippen LogP contribution in [0.25, 0.3) is 0 Å². The first-order valence-electron chi connectivity index (χ1n) is 10.3. The van der Waals surface area contributed by atoms with Crippen molar-refractivity contribution in [3.05, 3.63) is 66.1 Å². The second-order valence-electron chi connectivity index (χ2n) is 7.37. The van der Waals surface area contributed by atoms with E-state index in [0.717, 1.165) is 38.1 Å². The van der Waals surface area contributed by atoms with Gasteiger partial charge in [-0.05, 0) is 42.7 Å². The third-order valence-electron chi connectivity index (χ3n) is 5.05. The molecule has 3 rings (SSSR count). The number of aromatic nitrogens is 1. The highest BCUT2D eigenvalue weighted by Gasteiger charge is 2.38. The SMILES string of the molecule is CN(Cc1ccc(NC(=C/N)/C(=N/c2ccccn2)C(F)(F)F)cc1)C(=O)C1CCC1.CO. The van der Waals surface area contributed by atoms with Crippen LogP contribution in [0.5, 0.6) is 0 Å². The van der Waals surface area contributed by atoms with Gasteiger partial charge in [0.25, 0.3) is 0 Å². The van der Waals surface area contributed by atoms with Gasteiger partial charge >= 0.3 is 6.18 Å². The van der Waals surface area contributed by atoms with Crippen LogP contribution in [0.15, 0.2) is 65.6 Å². The number of alkyl halides is 3. The number of allylic oxidation sites excluding steroid dienone is 1. The van der Waals surface area contributed by atoms with Crippen molar-refractivity contribution in [2.45, 2.75) is 32.0 Å². The molecule has 0 bridgehead atoms. The molecule has 1 aliphatic carbocycles. The van der Waals surface area contributed by atoms with Crippen molar-refractivity contribution >= 4 is 23.1 Å². The van der Waals surface area contributed by atoms with Crippen molar-refractivity contribution in [3.8, 4) is 0 Å². The van der Waals surface area contributed by atoms with Crippen LogP contribution in [0.4, 0.5) is 24.7 Å². The number of pyridine rings is 1. The summed E-state index contributed by atoms with van der Waals surface area (Å²) in [5, 5.41) is 9.67. The lowest BCUT2D eigenvalue weighted by Crippen LogP contribution is -2.35. The van der Waals surface area contributed by atoms with E-state index in [4.69, 9.17) is 10.8 Å². The Hall–Kier alpha value is -3.40. The van der Waals surface area contributed by atoms with Crippen molar-refractivity contribution in [2.75, 3.05) is 19.5 Å². The van der Waals surface area contributed by atoms with Crippen LogP contribution in [-0.2, 0) is 11.3 Å². The molecule has 0 saturated heterocycles. The van der Waals surface area contributed by atoms with Crippen molar-refractivity contribution in [1.82, 2.24) is 9.88 Å². The third-order valence-corrected chi connectivity index (χ3v) is 5.05. The average Bonchev–Trinajstić information content (AvgIpc) is 2.77. The summed E-state index contributed by atoms with van der Waals surface area (Å²) in [5.41, 5.74) is 5.20. The molecule has 0 spiro atoms.